The van der Waals surface area contributed by atoms with Crippen LogP contribution in [0.15, 0.2) is 60.0 Å². The van der Waals surface area contributed by atoms with Gasteiger partial charge in [-0.15, -0.1) is 0 Å². The molecule has 0 saturated heterocycles. The molecule has 0 aliphatic carbocycles. The maximum atomic E-state index is 13.1. The minimum absolute atomic E-state index is 0.0164. The van der Waals surface area contributed by atoms with Crippen LogP contribution in [0.3, 0.4) is 0 Å². The van der Waals surface area contributed by atoms with Crippen LogP contribution < -0.4 is 5.32 Å². The van der Waals surface area contributed by atoms with Gasteiger partial charge in [-0.3, -0.25) is 19.8 Å². The number of nitrogens with zero attached hydrogens (tertiary/aromatic N) is 3. The van der Waals surface area contributed by atoms with E-state index in [1.165, 1.54) is 6.20 Å². The Labute approximate surface area is 233 Å². The van der Waals surface area contributed by atoms with E-state index < -0.39 is 41.0 Å². The second-order valence-electron chi connectivity index (χ2n) is 9.12. The lowest BCUT2D eigenvalue weighted by Crippen LogP contribution is -2.41. The molecule has 216 valence electrons. The number of carbonyl (C=O) groups is 1. The molecule has 2 atom stereocenters. The number of halogens is 7. The summed E-state index contributed by atoms with van der Waals surface area (Å²) in [5.41, 5.74) is -0.928. The van der Waals surface area contributed by atoms with Crippen LogP contribution >= 0.6 is 11.6 Å². The van der Waals surface area contributed by atoms with Crippen LogP contribution in [0.25, 0.3) is 0 Å². The number of aromatic nitrogens is 2. The number of benzene rings is 1. The Hall–Kier alpha value is -3.47. The molecule has 2 aromatic heterocycles. The SMILES string of the molecule is CCC(C)C(=Nc1cnccc1C)C(C)NC(=O)c1cc(C(F)(F)F)cc(C(F)(F)F)c1.Cc1ccc(Cl)cn1. The van der Waals surface area contributed by atoms with Crippen LogP contribution in [0, 0.1) is 19.8 Å². The van der Waals surface area contributed by atoms with Gasteiger partial charge in [0.2, 0.25) is 0 Å². The molecule has 1 N–H and O–H groups in total. The molecule has 0 aliphatic heterocycles. The molecule has 0 bridgehead atoms. The minimum Gasteiger partial charge on any atom is -0.344 e. The van der Waals surface area contributed by atoms with Crippen LogP contribution in [0.1, 0.15) is 59.9 Å². The van der Waals surface area contributed by atoms with Gasteiger partial charge in [0.15, 0.2) is 0 Å². The van der Waals surface area contributed by atoms with Gasteiger partial charge in [-0.1, -0.05) is 25.4 Å². The fourth-order valence-corrected chi connectivity index (χ4v) is 3.56. The lowest BCUT2D eigenvalue weighted by molar-refractivity contribution is -0.143. The van der Waals surface area contributed by atoms with Gasteiger partial charge >= 0.3 is 12.4 Å². The van der Waals surface area contributed by atoms with Crippen LogP contribution in [0.5, 0.6) is 0 Å². The van der Waals surface area contributed by atoms with Gasteiger partial charge in [0.05, 0.1) is 34.1 Å². The number of aryl methyl sites for hydroxylation is 2. The zero-order valence-corrected chi connectivity index (χ0v) is 23.2. The highest BCUT2D eigenvalue weighted by molar-refractivity contribution is 6.30. The summed E-state index contributed by atoms with van der Waals surface area (Å²) in [5, 5.41) is 3.17. The van der Waals surface area contributed by atoms with Crippen molar-refractivity contribution in [2.75, 3.05) is 0 Å². The van der Waals surface area contributed by atoms with Gasteiger partial charge in [-0.25, -0.2) is 0 Å². The molecule has 0 spiro atoms. The van der Waals surface area contributed by atoms with E-state index in [1.54, 1.807) is 25.4 Å². The number of carbonyl (C=O) groups excluding carboxylic acids is 1. The fraction of sp³-hybridized carbons (Fsp3) is 0.357. The summed E-state index contributed by atoms with van der Waals surface area (Å²) in [6, 6.07) is 5.49. The summed E-state index contributed by atoms with van der Waals surface area (Å²) in [5.74, 6) is -1.18. The lowest BCUT2D eigenvalue weighted by atomic mass is 9.96. The van der Waals surface area contributed by atoms with Crippen molar-refractivity contribution >= 4 is 28.9 Å². The summed E-state index contributed by atoms with van der Waals surface area (Å²) in [4.78, 5) is 25.2. The van der Waals surface area contributed by atoms with E-state index in [-0.39, 0.29) is 12.0 Å². The van der Waals surface area contributed by atoms with Gasteiger partial charge in [0.25, 0.3) is 5.91 Å². The molecule has 2 heterocycles. The molecule has 1 amide bonds. The zero-order valence-electron chi connectivity index (χ0n) is 22.5. The number of pyridine rings is 2. The summed E-state index contributed by atoms with van der Waals surface area (Å²) in [7, 11) is 0. The average Bonchev–Trinajstić information content (AvgIpc) is 2.88. The van der Waals surface area contributed by atoms with Crippen molar-refractivity contribution in [3.8, 4) is 0 Å². The largest absolute Gasteiger partial charge is 0.416 e. The summed E-state index contributed by atoms with van der Waals surface area (Å²) < 4.78 is 78.6. The highest BCUT2D eigenvalue weighted by atomic mass is 35.5. The van der Waals surface area contributed by atoms with E-state index in [0.29, 0.717) is 35.0 Å². The average molecular weight is 587 g/mol. The van der Waals surface area contributed by atoms with E-state index in [0.717, 1.165) is 11.3 Å². The third-order valence-electron chi connectivity index (χ3n) is 5.89. The van der Waals surface area contributed by atoms with E-state index in [9.17, 15) is 31.1 Å². The minimum atomic E-state index is -5.04. The van der Waals surface area contributed by atoms with E-state index in [4.69, 9.17) is 11.6 Å². The van der Waals surface area contributed by atoms with Crippen molar-refractivity contribution in [3.63, 3.8) is 0 Å². The third-order valence-corrected chi connectivity index (χ3v) is 6.12. The molecule has 0 aliphatic rings. The molecule has 0 radical (unpaired) electrons. The van der Waals surface area contributed by atoms with Crippen LogP contribution in [-0.2, 0) is 12.4 Å². The first-order valence-electron chi connectivity index (χ1n) is 12.2. The molecule has 1 aromatic carbocycles. The van der Waals surface area contributed by atoms with E-state index in [1.807, 2.05) is 39.8 Å². The highest BCUT2D eigenvalue weighted by Crippen LogP contribution is 2.36. The first kappa shape index (κ1) is 32.7. The molecule has 12 heteroatoms. The van der Waals surface area contributed by atoms with Crippen molar-refractivity contribution in [2.45, 2.75) is 59.4 Å². The highest BCUT2D eigenvalue weighted by Gasteiger charge is 2.37. The number of aliphatic imine (C=N–C) groups is 1. The first-order valence-corrected chi connectivity index (χ1v) is 12.6. The van der Waals surface area contributed by atoms with Gasteiger partial charge in [0.1, 0.15) is 0 Å². The summed E-state index contributed by atoms with van der Waals surface area (Å²) in [6.07, 6.45) is -4.66. The Morgan fingerprint density at radius 2 is 1.57 bits per heavy atom. The number of alkyl halides is 6. The molecule has 3 aromatic rings. The van der Waals surface area contributed by atoms with Crippen molar-refractivity contribution in [3.05, 3.63) is 88.0 Å². The number of hydrogen-bond donors (Lipinski definition) is 1. The normalized spacial score (nSPS) is 13.7. The van der Waals surface area contributed by atoms with Crippen molar-refractivity contribution in [1.29, 1.82) is 0 Å². The summed E-state index contributed by atoms with van der Waals surface area (Å²) in [6.45, 7) is 9.08. The van der Waals surface area contributed by atoms with Crippen LogP contribution in [0.4, 0.5) is 32.0 Å². The van der Waals surface area contributed by atoms with Crippen molar-refractivity contribution < 1.29 is 31.1 Å². The Morgan fingerprint density at radius 1 is 0.975 bits per heavy atom. The van der Waals surface area contributed by atoms with Gasteiger partial charge in [-0.2, -0.15) is 26.3 Å². The molecule has 5 nitrogen and oxygen atoms in total. The Morgan fingerprint density at radius 3 is 2.02 bits per heavy atom. The molecular formula is C28H29ClF6N4O. The van der Waals surface area contributed by atoms with E-state index >= 15 is 0 Å². The standard InChI is InChI=1S/C22H23F6N3O.C6H6ClN/c1-5-12(2)19(31-18-11-29-7-6-13(18)3)14(4)30-20(32)15-8-16(21(23,24)25)10-17(9-15)22(26,27)28;1-5-2-3-6(7)4-8-5/h6-12,14H,5H2,1-4H3,(H,30,32);2-4H,1H3. The molecule has 3 rings (SSSR count). The fourth-order valence-electron chi connectivity index (χ4n) is 3.44. The second kappa shape index (κ2) is 13.7. The molecule has 2 unspecified atom stereocenters. The van der Waals surface area contributed by atoms with Crippen molar-refractivity contribution in [1.82, 2.24) is 15.3 Å². The molecule has 0 fully saturated rings. The molecule has 40 heavy (non-hydrogen) atoms. The van der Waals surface area contributed by atoms with Gasteiger partial charge < -0.3 is 5.32 Å². The zero-order chi connectivity index (χ0) is 30.3. The number of rotatable bonds is 6. The van der Waals surface area contributed by atoms with E-state index in [2.05, 4.69) is 20.3 Å². The first-order chi connectivity index (χ1) is 18.5. The predicted molar refractivity (Wildman–Crippen MR) is 143 cm³/mol. The number of amides is 1. The quantitative estimate of drug-likeness (QED) is 0.233. The monoisotopic (exact) mass is 586 g/mol. The maximum Gasteiger partial charge on any atom is 0.416 e. The predicted octanol–water partition coefficient (Wildman–Crippen LogP) is 8.41. The molecular weight excluding hydrogens is 558 g/mol. The van der Waals surface area contributed by atoms with Gasteiger partial charge in [-0.05, 0) is 75.1 Å². The maximum absolute atomic E-state index is 13.1. The Balaban J connectivity index is 0.000000598. The summed E-state index contributed by atoms with van der Waals surface area (Å²) >= 11 is 5.55. The number of hydrogen-bond acceptors (Lipinski definition) is 4. The third kappa shape index (κ3) is 9.62. The van der Waals surface area contributed by atoms with Crippen molar-refractivity contribution in [2.24, 2.45) is 10.9 Å². The Kier molecular flexibility index (Phi) is 11.2. The topological polar surface area (TPSA) is 67.2 Å². The van der Waals surface area contributed by atoms with Crippen LogP contribution in [0.2, 0.25) is 5.02 Å². The number of nitrogens with one attached hydrogen (secondary N) is 1. The molecule has 0 saturated carbocycles. The van der Waals surface area contributed by atoms with Gasteiger partial charge in [0, 0.05) is 29.4 Å². The second-order valence-corrected chi connectivity index (χ2v) is 9.55. The Bertz CT molecular complexity index is 1270. The smallest absolute Gasteiger partial charge is 0.344 e. The lowest BCUT2D eigenvalue weighted by Gasteiger charge is -2.22. The van der Waals surface area contributed by atoms with Crippen LogP contribution in [-0.4, -0.2) is 27.6 Å².